The molecule has 0 unspecified atom stereocenters. The molecule has 78 valence electrons. The molecule has 2 aromatic rings. The van der Waals surface area contributed by atoms with Crippen LogP contribution in [0.25, 0.3) is 11.5 Å². The third-order valence-corrected chi connectivity index (χ3v) is 2.58. The Morgan fingerprint density at radius 1 is 1.33 bits per heavy atom. The third kappa shape index (κ3) is 2.02. The molecular formula is C10H9BrN2O2. The number of ether oxygens (including phenoxy) is 1. The van der Waals surface area contributed by atoms with Crippen LogP contribution in [0.4, 0.5) is 0 Å². The summed E-state index contributed by atoms with van der Waals surface area (Å²) in [7, 11) is 1.61. The Labute approximate surface area is 95.4 Å². The fourth-order valence-electron chi connectivity index (χ4n) is 1.21. The number of benzene rings is 1. The van der Waals surface area contributed by atoms with Gasteiger partial charge in [0.1, 0.15) is 5.75 Å². The van der Waals surface area contributed by atoms with E-state index in [9.17, 15) is 0 Å². The van der Waals surface area contributed by atoms with Crippen molar-refractivity contribution in [1.82, 2.24) is 10.2 Å². The second-order valence-electron chi connectivity index (χ2n) is 2.98. The number of aromatic nitrogens is 2. The lowest BCUT2D eigenvalue weighted by Gasteiger charge is -2.03. The lowest BCUT2D eigenvalue weighted by atomic mass is 10.2. The summed E-state index contributed by atoms with van der Waals surface area (Å²) >= 11 is 3.38. The lowest BCUT2D eigenvalue weighted by Crippen LogP contribution is -1.85. The maximum absolute atomic E-state index is 5.32. The number of aryl methyl sites for hydroxylation is 1. The van der Waals surface area contributed by atoms with Gasteiger partial charge in [0.05, 0.1) is 11.6 Å². The average Bonchev–Trinajstić information content (AvgIpc) is 2.66. The van der Waals surface area contributed by atoms with Crippen molar-refractivity contribution in [2.24, 2.45) is 0 Å². The molecule has 0 bridgehead atoms. The zero-order chi connectivity index (χ0) is 10.8. The Morgan fingerprint density at radius 3 is 2.73 bits per heavy atom. The number of rotatable bonds is 2. The molecule has 0 atom stereocenters. The summed E-state index contributed by atoms with van der Waals surface area (Å²) in [5, 5.41) is 7.71. The molecule has 0 saturated heterocycles. The zero-order valence-corrected chi connectivity index (χ0v) is 9.91. The van der Waals surface area contributed by atoms with E-state index in [1.165, 1.54) is 0 Å². The Balaban J connectivity index is 2.45. The van der Waals surface area contributed by atoms with Gasteiger partial charge >= 0.3 is 0 Å². The Morgan fingerprint density at radius 2 is 2.13 bits per heavy atom. The van der Waals surface area contributed by atoms with E-state index in [1.54, 1.807) is 14.0 Å². The van der Waals surface area contributed by atoms with Crippen molar-refractivity contribution in [2.75, 3.05) is 7.11 Å². The van der Waals surface area contributed by atoms with Crippen LogP contribution in [0.1, 0.15) is 5.89 Å². The van der Waals surface area contributed by atoms with Gasteiger partial charge in [-0.1, -0.05) is 0 Å². The van der Waals surface area contributed by atoms with Gasteiger partial charge in [-0.3, -0.25) is 0 Å². The van der Waals surface area contributed by atoms with Gasteiger partial charge in [0.2, 0.25) is 11.8 Å². The van der Waals surface area contributed by atoms with Crippen LogP contribution < -0.4 is 4.74 Å². The largest absolute Gasteiger partial charge is 0.496 e. The van der Waals surface area contributed by atoms with Gasteiger partial charge in [-0.2, -0.15) is 0 Å². The number of nitrogens with zero attached hydrogens (tertiary/aromatic N) is 2. The Hall–Kier alpha value is -1.36. The van der Waals surface area contributed by atoms with E-state index in [-0.39, 0.29) is 0 Å². The monoisotopic (exact) mass is 268 g/mol. The highest BCUT2D eigenvalue weighted by Gasteiger charge is 2.08. The van der Waals surface area contributed by atoms with Gasteiger partial charge in [-0.05, 0) is 34.1 Å². The first-order chi connectivity index (χ1) is 7.20. The van der Waals surface area contributed by atoms with Crippen LogP contribution in [0.5, 0.6) is 5.75 Å². The van der Waals surface area contributed by atoms with Crippen molar-refractivity contribution in [3.63, 3.8) is 0 Å². The summed E-state index contributed by atoms with van der Waals surface area (Å²) < 4.78 is 11.4. The molecule has 0 amide bonds. The van der Waals surface area contributed by atoms with Crippen LogP contribution in [0.15, 0.2) is 27.1 Å². The highest BCUT2D eigenvalue weighted by atomic mass is 79.9. The highest BCUT2D eigenvalue weighted by Crippen LogP contribution is 2.29. The summed E-state index contributed by atoms with van der Waals surface area (Å²) in [4.78, 5) is 0. The van der Waals surface area contributed by atoms with Crippen LogP contribution in [0.2, 0.25) is 0 Å². The van der Waals surface area contributed by atoms with E-state index in [0.29, 0.717) is 11.8 Å². The summed E-state index contributed by atoms with van der Waals surface area (Å²) in [5.41, 5.74) is 0.843. The van der Waals surface area contributed by atoms with Crippen molar-refractivity contribution in [1.29, 1.82) is 0 Å². The molecule has 0 aliphatic carbocycles. The zero-order valence-electron chi connectivity index (χ0n) is 8.32. The molecule has 0 spiro atoms. The van der Waals surface area contributed by atoms with Crippen LogP contribution in [-0.4, -0.2) is 17.3 Å². The predicted molar refractivity (Wildman–Crippen MR) is 58.7 cm³/mol. The Kier molecular flexibility index (Phi) is 2.73. The normalized spacial score (nSPS) is 10.3. The lowest BCUT2D eigenvalue weighted by molar-refractivity contribution is 0.412. The molecule has 0 aliphatic rings. The summed E-state index contributed by atoms with van der Waals surface area (Å²) in [6, 6.07) is 5.62. The number of hydrogen-bond donors (Lipinski definition) is 0. The molecule has 5 heteroatoms. The molecule has 15 heavy (non-hydrogen) atoms. The molecule has 4 nitrogen and oxygen atoms in total. The van der Waals surface area contributed by atoms with E-state index >= 15 is 0 Å². The molecule has 0 saturated carbocycles. The summed E-state index contributed by atoms with van der Waals surface area (Å²) in [5.74, 6) is 1.79. The van der Waals surface area contributed by atoms with Crippen LogP contribution in [-0.2, 0) is 0 Å². The molecule has 0 N–H and O–H groups in total. The average molecular weight is 269 g/mol. The topological polar surface area (TPSA) is 48.2 Å². The summed E-state index contributed by atoms with van der Waals surface area (Å²) in [6.45, 7) is 1.76. The first-order valence-electron chi connectivity index (χ1n) is 4.34. The van der Waals surface area contributed by atoms with Crippen molar-refractivity contribution >= 4 is 15.9 Å². The van der Waals surface area contributed by atoms with Gasteiger partial charge in [-0.15, -0.1) is 10.2 Å². The number of hydrogen-bond acceptors (Lipinski definition) is 4. The Bertz CT molecular complexity index is 482. The SMILES string of the molecule is COc1cc(-c2nnc(C)o2)ccc1Br. The highest BCUT2D eigenvalue weighted by molar-refractivity contribution is 9.10. The second-order valence-corrected chi connectivity index (χ2v) is 3.83. The van der Waals surface area contributed by atoms with Gasteiger partial charge in [-0.25, -0.2) is 0 Å². The fraction of sp³-hybridized carbons (Fsp3) is 0.200. The maximum atomic E-state index is 5.32. The molecular weight excluding hydrogens is 260 g/mol. The fourth-order valence-corrected chi connectivity index (χ4v) is 1.61. The minimum atomic E-state index is 0.498. The molecule has 2 rings (SSSR count). The molecule has 0 radical (unpaired) electrons. The summed E-state index contributed by atoms with van der Waals surface area (Å²) in [6.07, 6.45) is 0. The van der Waals surface area contributed by atoms with E-state index in [0.717, 1.165) is 15.8 Å². The van der Waals surface area contributed by atoms with Gasteiger partial charge < -0.3 is 9.15 Å². The first-order valence-corrected chi connectivity index (χ1v) is 5.14. The standard InChI is InChI=1S/C10H9BrN2O2/c1-6-12-13-10(15-6)7-3-4-8(11)9(5-7)14-2/h3-5H,1-2H3. The molecule has 0 fully saturated rings. The van der Waals surface area contributed by atoms with Crippen LogP contribution >= 0.6 is 15.9 Å². The molecule has 1 heterocycles. The first kappa shape index (κ1) is 10.2. The van der Waals surface area contributed by atoms with E-state index < -0.39 is 0 Å². The van der Waals surface area contributed by atoms with Crippen LogP contribution in [0, 0.1) is 6.92 Å². The predicted octanol–water partition coefficient (Wildman–Crippen LogP) is 2.82. The molecule has 1 aromatic carbocycles. The van der Waals surface area contributed by atoms with Gasteiger partial charge in [0.15, 0.2) is 0 Å². The number of methoxy groups -OCH3 is 1. The van der Waals surface area contributed by atoms with Crippen molar-refractivity contribution in [3.05, 3.63) is 28.6 Å². The smallest absolute Gasteiger partial charge is 0.247 e. The quantitative estimate of drug-likeness (QED) is 0.841. The minimum Gasteiger partial charge on any atom is -0.496 e. The molecule has 1 aromatic heterocycles. The van der Waals surface area contributed by atoms with Gasteiger partial charge in [0.25, 0.3) is 0 Å². The van der Waals surface area contributed by atoms with E-state index in [2.05, 4.69) is 26.1 Å². The van der Waals surface area contributed by atoms with Crippen LogP contribution in [0.3, 0.4) is 0 Å². The van der Waals surface area contributed by atoms with Crippen molar-refractivity contribution in [3.8, 4) is 17.2 Å². The third-order valence-electron chi connectivity index (χ3n) is 1.92. The second kappa shape index (κ2) is 4.02. The van der Waals surface area contributed by atoms with Crippen molar-refractivity contribution < 1.29 is 9.15 Å². The maximum Gasteiger partial charge on any atom is 0.247 e. The van der Waals surface area contributed by atoms with E-state index in [4.69, 9.17) is 9.15 Å². The van der Waals surface area contributed by atoms with Gasteiger partial charge in [0, 0.05) is 12.5 Å². The van der Waals surface area contributed by atoms with E-state index in [1.807, 2.05) is 18.2 Å². The van der Waals surface area contributed by atoms with Crippen molar-refractivity contribution in [2.45, 2.75) is 6.92 Å². The molecule has 0 aliphatic heterocycles. The number of halogens is 1. The minimum absolute atomic E-state index is 0.498.